The Bertz CT molecular complexity index is 431. The van der Waals surface area contributed by atoms with Gasteiger partial charge in [0.2, 0.25) is 5.91 Å². The van der Waals surface area contributed by atoms with Gasteiger partial charge in [-0.3, -0.25) is 9.59 Å². The number of ketones is 1. The maximum Gasteiger partial charge on any atom is 0.223 e. The van der Waals surface area contributed by atoms with Gasteiger partial charge in [0.25, 0.3) is 0 Å². The second kappa shape index (κ2) is 4.43. The van der Waals surface area contributed by atoms with Crippen molar-refractivity contribution in [3.63, 3.8) is 0 Å². The second-order valence-corrected chi connectivity index (χ2v) is 3.85. The van der Waals surface area contributed by atoms with Crippen LogP contribution >= 0.6 is 0 Å². The molecule has 0 aromatic heterocycles. The number of carbonyl (C=O) groups is 2. The predicted molar refractivity (Wildman–Crippen MR) is 56.5 cm³/mol. The van der Waals surface area contributed by atoms with Crippen LogP contribution in [0.4, 0.5) is 4.39 Å². The maximum absolute atomic E-state index is 12.9. The Morgan fingerprint density at radius 2 is 2.25 bits per heavy atom. The summed E-state index contributed by atoms with van der Waals surface area (Å²) in [6.07, 6.45) is 1.31. The average Bonchev–Trinajstić information content (AvgIpc) is 2.64. The smallest absolute Gasteiger partial charge is 0.223 e. The second-order valence-electron chi connectivity index (χ2n) is 3.85. The minimum Gasteiger partial charge on any atom is -0.335 e. The van der Waals surface area contributed by atoms with E-state index in [2.05, 4.69) is 0 Å². The number of halogens is 1. The molecule has 0 aliphatic carbocycles. The zero-order chi connectivity index (χ0) is 11.5. The minimum absolute atomic E-state index is 0.00440. The van der Waals surface area contributed by atoms with Crippen LogP contribution in [0.2, 0.25) is 0 Å². The van der Waals surface area contributed by atoms with E-state index in [0.29, 0.717) is 18.5 Å². The first-order chi connectivity index (χ1) is 7.66. The molecule has 0 saturated carbocycles. The lowest BCUT2D eigenvalue weighted by atomic mass is 10.1. The molecule has 1 aromatic rings. The van der Waals surface area contributed by atoms with Gasteiger partial charge >= 0.3 is 0 Å². The third kappa shape index (κ3) is 2.27. The van der Waals surface area contributed by atoms with Crippen molar-refractivity contribution in [1.29, 1.82) is 0 Å². The molecule has 1 fully saturated rings. The lowest BCUT2D eigenvalue weighted by Gasteiger charge is -2.14. The largest absolute Gasteiger partial charge is 0.335 e. The Balaban J connectivity index is 2.05. The van der Waals surface area contributed by atoms with Gasteiger partial charge in [-0.05, 0) is 18.6 Å². The van der Waals surface area contributed by atoms with Crippen molar-refractivity contribution in [1.82, 2.24) is 4.90 Å². The molecular weight excluding hydrogens is 209 g/mol. The van der Waals surface area contributed by atoms with Crippen molar-refractivity contribution in [2.24, 2.45) is 0 Å². The predicted octanol–water partition coefficient (Wildman–Crippen LogP) is 1.63. The maximum atomic E-state index is 12.9. The lowest BCUT2D eigenvalue weighted by molar-refractivity contribution is -0.127. The van der Waals surface area contributed by atoms with Crippen molar-refractivity contribution < 1.29 is 14.0 Å². The molecule has 1 aliphatic heterocycles. The highest BCUT2D eigenvalue weighted by Gasteiger charge is 2.22. The third-order valence-electron chi connectivity index (χ3n) is 2.65. The molecule has 0 atom stereocenters. The fourth-order valence-electron chi connectivity index (χ4n) is 1.80. The molecule has 16 heavy (non-hydrogen) atoms. The first-order valence-electron chi connectivity index (χ1n) is 5.23. The normalized spacial score (nSPS) is 15.6. The monoisotopic (exact) mass is 221 g/mol. The Morgan fingerprint density at radius 3 is 2.88 bits per heavy atom. The van der Waals surface area contributed by atoms with E-state index in [9.17, 15) is 14.0 Å². The van der Waals surface area contributed by atoms with E-state index in [1.165, 1.54) is 23.1 Å². The van der Waals surface area contributed by atoms with Gasteiger partial charge in [0.05, 0.1) is 6.54 Å². The summed E-state index contributed by atoms with van der Waals surface area (Å²) >= 11 is 0. The quantitative estimate of drug-likeness (QED) is 0.727. The summed E-state index contributed by atoms with van der Waals surface area (Å²) in [6.45, 7) is 0.683. The zero-order valence-corrected chi connectivity index (χ0v) is 8.78. The highest BCUT2D eigenvalue weighted by atomic mass is 19.1. The van der Waals surface area contributed by atoms with Crippen LogP contribution in [0.1, 0.15) is 23.2 Å². The van der Waals surface area contributed by atoms with E-state index in [0.717, 1.165) is 6.42 Å². The molecule has 3 nitrogen and oxygen atoms in total. The summed E-state index contributed by atoms with van der Waals surface area (Å²) in [5.41, 5.74) is 0.319. The molecule has 0 spiro atoms. The Labute approximate surface area is 92.9 Å². The zero-order valence-electron chi connectivity index (χ0n) is 8.78. The average molecular weight is 221 g/mol. The summed E-state index contributed by atoms with van der Waals surface area (Å²) in [4.78, 5) is 24.6. The van der Waals surface area contributed by atoms with E-state index < -0.39 is 5.82 Å². The highest BCUT2D eigenvalue weighted by Crippen LogP contribution is 2.11. The number of carbonyl (C=O) groups excluding carboxylic acids is 2. The Hall–Kier alpha value is -1.71. The molecule has 1 aliphatic rings. The first-order valence-corrected chi connectivity index (χ1v) is 5.23. The molecule has 0 N–H and O–H groups in total. The standard InChI is InChI=1S/C12H12FNO2/c13-10-4-1-3-9(7-10)11(15)8-14-6-2-5-12(14)16/h1,3-4,7H,2,5-6,8H2. The third-order valence-corrected chi connectivity index (χ3v) is 2.65. The number of hydrogen-bond acceptors (Lipinski definition) is 2. The van der Waals surface area contributed by atoms with Crippen LogP contribution in [0.15, 0.2) is 24.3 Å². The Kier molecular flexibility index (Phi) is 2.99. The highest BCUT2D eigenvalue weighted by molar-refractivity contribution is 5.99. The van der Waals surface area contributed by atoms with Gasteiger partial charge in [0.1, 0.15) is 5.82 Å². The van der Waals surface area contributed by atoms with Gasteiger partial charge in [-0.15, -0.1) is 0 Å². The number of nitrogens with zero attached hydrogens (tertiary/aromatic N) is 1. The van der Waals surface area contributed by atoms with Gasteiger partial charge in [0.15, 0.2) is 5.78 Å². The fraction of sp³-hybridized carbons (Fsp3) is 0.333. The molecule has 1 heterocycles. The number of likely N-dealkylation sites (tertiary alicyclic amines) is 1. The van der Waals surface area contributed by atoms with Gasteiger partial charge in [-0.2, -0.15) is 0 Å². The molecule has 0 unspecified atom stereocenters. The van der Waals surface area contributed by atoms with Crippen molar-refractivity contribution in [3.05, 3.63) is 35.6 Å². The summed E-state index contributed by atoms with van der Waals surface area (Å²) in [6, 6.07) is 5.54. The fourth-order valence-corrected chi connectivity index (χ4v) is 1.80. The van der Waals surface area contributed by atoms with Crippen LogP contribution in [-0.4, -0.2) is 29.7 Å². The first kappa shape index (κ1) is 10.8. The summed E-state index contributed by atoms with van der Waals surface area (Å²) in [5, 5.41) is 0. The molecule has 2 rings (SSSR count). The molecule has 1 saturated heterocycles. The Morgan fingerprint density at radius 1 is 1.44 bits per heavy atom. The SMILES string of the molecule is O=C(CN1CCCC1=O)c1cccc(F)c1. The van der Waals surface area contributed by atoms with Gasteiger partial charge < -0.3 is 4.90 Å². The topological polar surface area (TPSA) is 37.4 Å². The van der Waals surface area contributed by atoms with Crippen molar-refractivity contribution in [2.45, 2.75) is 12.8 Å². The van der Waals surface area contributed by atoms with Crippen LogP contribution in [-0.2, 0) is 4.79 Å². The minimum atomic E-state index is -0.432. The summed E-state index contributed by atoms with van der Waals surface area (Å²) < 4.78 is 12.9. The van der Waals surface area contributed by atoms with Crippen LogP contribution in [0.5, 0.6) is 0 Å². The molecule has 0 radical (unpaired) electrons. The number of rotatable bonds is 3. The van der Waals surface area contributed by atoms with Crippen LogP contribution in [0, 0.1) is 5.82 Å². The van der Waals surface area contributed by atoms with Gasteiger partial charge in [-0.25, -0.2) is 4.39 Å². The van der Waals surface area contributed by atoms with E-state index >= 15 is 0 Å². The summed E-state index contributed by atoms with van der Waals surface area (Å²) in [5.74, 6) is -0.641. The molecule has 4 heteroatoms. The number of amides is 1. The molecule has 0 bridgehead atoms. The van der Waals surface area contributed by atoms with Gasteiger partial charge in [0, 0.05) is 18.5 Å². The van der Waals surface area contributed by atoms with E-state index in [-0.39, 0.29) is 18.2 Å². The molecular formula is C12H12FNO2. The number of benzene rings is 1. The lowest BCUT2D eigenvalue weighted by Crippen LogP contribution is -2.30. The van der Waals surface area contributed by atoms with E-state index in [1.807, 2.05) is 0 Å². The van der Waals surface area contributed by atoms with E-state index in [4.69, 9.17) is 0 Å². The van der Waals surface area contributed by atoms with E-state index in [1.54, 1.807) is 6.07 Å². The number of Topliss-reactive ketones (excluding diaryl/α,β-unsaturated/α-hetero) is 1. The van der Waals surface area contributed by atoms with Crippen LogP contribution in [0.25, 0.3) is 0 Å². The molecule has 84 valence electrons. The molecule has 1 amide bonds. The molecule has 1 aromatic carbocycles. The van der Waals surface area contributed by atoms with Gasteiger partial charge in [-0.1, -0.05) is 12.1 Å². The van der Waals surface area contributed by atoms with Crippen LogP contribution in [0.3, 0.4) is 0 Å². The number of hydrogen-bond donors (Lipinski definition) is 0. The summed E-state index contributed by atoms with van der Waals surface area (Å²) in [7, 11) is 0. The van der Waals surface area contributed by atoms with Crippen molar-refractivity contribution in [3.8, 4) is 0 Å². The van der Waals surface area contributed by atoms with Crippen LogP contribution < -0.4 is 0 Å². The van der Waals surface area contributed by atoms with Crippen molar-refractivity contribution in [2.75, 3.05) is 13.1 Å². The van der Waals surface area contributed by atoms with Crippen molar-refractivity contribution >= 4 is 11.7 Å².